The van der Waals surface area contributed by atoms with Crippen molar-refractivity contribution in [3.8, 4) is 0 Å². The molecular weight excluding hydrogens is 380 g/mol. The van der Waals surface area contributed by atoms with Crippen molar-refractivity contribution in [3.63, 3.8) is 0 Å². The summed E-state index contributed by atoms with van der Waals surface area (Å²) in [6.07, 6.45) is 2.71. The van der Waals surface area contributed by atoms with Gasteiger partial charge in [0.15, 0.2) is 10.9 Å². The molecule has 1 aromatic carbocycles. The molecule has 0 atom stereocenters. The van der Waals surface area contributed by atoms with Crippen molar-refractivity contribution in [1.29, 1.82) is 0 Å². The minimum absolute atomic E-state index is 0.509. The molecule has 0 amide bonds. The zero-order valence-corrected chi connectivity index (χ0v) is 17.0. The first-order chi connectivity index (χ1) is 13.0. The van der Waals surface area contributed by atoms with Gasteiger partial charge in [0.2, 0.25) is 0 Å². The molecular formula is C19H23ClN6S. The van der Waals surface area contributed by atoms with Gasteiger partial charge in [-0.3, -0.25) is 9.36 Å². The van der Waals surface area contributed by atoms with Crippen LogP contribution in [-0.2, 0) is 13.1 Å². The molecule has 27 heavy (non-hydrogen) atoms. The molecule has 0 spiro atoms. The molecule has 0 radical (unpaired) electrons. The van der Waals surface area contributed by atoms with E-state index in [1.165, 1.54) is 5.69 Å². The summed E-state index contributed by atoms with van der Waals surface area (Å²) in [6, 6.07) is 12.2. The number of nitrogens with zero attached hydrogens (tertiary/aromatic N) is 4. The van der Waals surface area contributed by atoms with Crippen LogP contribution in [0.15, 0.2) is 42.6 Å². The van der Waals surface area contributed by atoms with Gasteiger partial charge in [-0.25, -0.2) is 0 Å². The van der Waals surface area contributed by atoms with E-state index in [0.717, 1.165) is 30.8 Å². The van der Waals surface area contributed by atoms with E-state index < -0.39 is 0 Å². The van der Waals surface area contributed by atoms with Gasteiger partial charge >= 0.3 is 0 Å². The third-order valence-corrected chi connectivity index (χ3v) is 4.59. The van der Waals surface area contributed by atoms with Crippen LogP contribution in [0.2, 0.25) is 5.02 Å². The quantitative estimate of drug-likeness (QED) is 0.465. The van der Waals surface area contributed by atoms with Crippen LogP contribution in [-0.4, -0.2) is 31.2 Å². The topological polar surface area (TPSA) is 59.7 Å². The molecule has 3 aromatic rings. The summed E-state index contributed by atoms with van der Waals surface area (Å²) in [4.78, 5) is 0. The van der Waals surface area contributed by atoms with E-state index in [4.69, 9.17) is 23.8 Å². The molecule has 8 heteroatoms. The Hall–Kier alpha value is -2.38. The molecule has 0 aliphatic heterocycles. The molecule has 0 fully saturated rings. The Labute approximate surface area is 169 Å². The van der Waals surface area contributed by atoms with Crippen LogP contribution in [0.1, 0.15) is 23.4 Å². The molecule has 2 N–H and O–H groups in total. The molecule has 6 nitrogen and oxygen atoms in total. The van der Waals surface area contributed by atoms with Crippen LogP contribution in [0.5, 0.6) is 0 Å². The van der Waals surface area contributed by atoms with E-state index in [9.17, 15) is 0 Å². The Balaban J connectivity index is 1.45. The van der Waals surface area contributed by atoms with Crippen molar-refractivity contribution in [2.45, 2.75) is 33.4 Å². The molecule has 3 rings (SSSR count). The Morgan fingerprint density at radius 2 is 1.96 bits per heavy atom. The zero-order valence-electron chi connectivity index (χ0n) is 15.4. The van der Waals surface area contributed by atoms with Crippen LogP contribution >= 0.6 is 23.8 Å². The van der Waals surface area contributed by atoms with Crippen LogP contribution < -0.4 is 10.6 Å². The van der Waals surface area contributed by atoms with Crippen LogP contribution in [0.25, 0.3) is 0 Å². The van der Waals surface area contributed by atoms with Gasteiger partial charge in [-0.2, -0.15) is 10.2 Å². The highest BCUT2D eigenvalue weighted by Gasteiger charge is 2.09. The maximum Gasteiger partial charge on any atom is 0.173 e. The first-order valence-corrected chi connectivity index (χ1v) is 9.62. The Kier molecular flexibility index (Phi) is 6.47. The maximum absolute atomic E-state index is 6.27. The fourth-order valence-electron chi connectivity index (χ4n) is 2.82. The molecule has 0 aliphatic rings. The molecule has 0 unspecified atom stereocenters. The highest BCUT2D eigenvalue weighted by Crippen LogP contribution is 2.19. The second-order valence-electron chi connectivity index (χ2n) is 6.39. The van der Waals surface area contributed by atoms with Gasteiger partial charge in [0, 0.05) is 25.0 Å². The lowest BCUT2D eigenvalue weighted by molar-refractivity contribution is 0.558. The van der Waals surface area contributed by atoms with Crippen molar-refractivity contribution in [2.75, 3.05) is 11.9 Å². The van der Waals surface area contributed by atoms with Crippen LogP contribution in [0.3, 0.4) is 0 Å². The number of aromatic nitrogens is 4. The van der Waals surface area contributed by atoms with Gasteiger partial charge in [-0.15, -0.1) is 0 Å². The molecule has 0 saturated heterocycles. The van der Waals surface area contributed by atoms with E-state index in [0.29, 0.717) is 22.5 Å². The second kappa shape index (κ2) is 9.01. The predicted molar refractivity (Wildman–Crippen MR) is 113 cm³/mol. The smallest absolute Gasteiger partial charge is 0.173 e. The van der Waals surface area contributed by atoms with E-state index in [1.54, 1.807) is 10.9 Å². The van der Waals surface area contributed by atoms with Crippen molar-refractivity contribution in [2.24, 2.45) is 0 Å². The summed E-state index contributed by atoms with van der Waals surface area (Å²) in [6.45, 7) is 6.31. The molecule has 142 valence electrons. The van der Waals surface area contributed by atoms with Gasteiger partial charge in [-0.05, 0) is 44.1 Å². The molecule has 2 aromatic heterocycles. The van der Waals surface area contributed by atoms with E-state index >= 15 is 0 Å². The van der Waals surface area contributed by atoms with Gasteiger partial charge < -0.3 is 10.6 Å². The molecule has 0 saturated carbocycles. The number of benzene rings is 1. The van der Waals surface area contributed by atoms with Crippen LogP contribution in [0.4, 0.5) is 5.82 Å². The van der Waals surface area contributed by atoms with Gasteiger partial charge in [0.05, 0.1) is 12.2 Å². The monoisotopic (exact) mass is 402 g/mol. The number of thiocarbonyl (C=S) groups is 1. The summed E-state index contributed by atoms with van der Waals surface area (Å²) in [5.74, 6) is 0.559. The standard InChI is InChI=1S/C19H23ClN6S/c1-14-11-15(2)26(23-14)10-6-9-21-19(27)22-18-17(20)13-25(24-18)12-16-7-4-3-5-8-16/h3-5,7-8,11,13H,6,9-10,12H2,1-2H3,(H2,21,22,24,27). The third-order valence-electron chi connectivity index (χ3n) is 4.07. The van der Waals surface area contributed by atoms with Crippen molar-refractivity contribution in [3.05, 3.63) is 64.6 Å². The summed E-state index contributed by atoms with van der Waals surface area (Å²) < 4.78 is 3.81. The summed E-state index contributed by atoms with van der Waals surface area (Å²) in [5, 5.41) is 16.2. The van der Waals surface area contributed by atoms with Crippen LogP contribution in [0, 0.1) is 13.8 Å². The lowest BCUT2D eigenvalue weighted by Gasteiger charge is -2.09. The number of hydrogen-bond acceptors (Lipinski definition) is 3. The molecule has 2 heterocycles. The first kappa shape index (κ1) is 19.4. The highest BCUT2D eigenvalue weighted by atomic mass is 35.5. The highest BCUT2D eigenvalue weighted by molar-refractivity contribution is 7.80. The fourth-order valence-corrected chi connectivity index (χ4v) is 3.21. The summed E-state index contributed by atoms with van der Waals surface area (Å²) in [7, 11) is 0. The van der Waals surface area contributed by atoms with Gasteiger partial charge in [0.25, 0.3) is 0 Å². The summed E-state index contributed by atoms with van der Waals surface area (Å²) in [5.41, 5.74) is 3.37. The normalized spacial score (nSPS) is 10.8. The second-order valence-corrected chi connectivity index (χ2v) is 7.21. The van der Waals surface area contributed by atoms with Gasteiger partial charge in [0.1, 0.15) is 5.02 Å². The maximum atomic E-state index is 6.27. The minimum atomic E-state index is 0.509. The predicted octanol–water partition coefficient (Wildman–Crippen LogP) is 3.77. The number of hydrogen-bond donors (Lipinski definition) is 2. The zero-order chi connectivity index (χ0) is 19.2. The largest absolute Gasteiger partial charge is 0.362 e. The van der Waals surface area contributed by atoms with E-state index in [2.05, 4.69) is 46.0 Å². The first-order valence-electron chi connectivity index (χ1n) is 8.84. The van der Waals surface area contributed by atoms with E-state index in [1.807, 2.05) is 29.8 Å². The molecule has 0 bridgehead atoms. The lowest BCUT2D eigenvalue weighted by atomic mass is 10.2. The number of anilines is 1. The minimum Gasteiger partial charge on any atom is -0.362 e. The lowest BCUT2D eigenvalue weighted by Crippen LogP contribution is -2.30. The third kappa shape index (κ3) is 5.55. The van der Waals surface area contributed by atoms with Gasteiger partial charge in [-0.1, -0.05) is 41.9 Å². The Bertz CT molecular complexity index is 902. The van der Waals surface area contributed by atoms with Crippen molar-refractivity contribution in [1.82, 2.24) is 24.9 Å². The Morgan fingerprint density at radius 1 is 1.19 bits per heavy atom. The van der Waals surface area contributed by atoms with Crippen molar-refractivity contribution >= 4 is 34.7 Å². The molecule has 0 aliphatic carbocycles. The average Bonchev–Trinajstić information content (AvgIpc) is 3.13. The number of rotatable bonds is 7. The number of nitrogens with one attached hydrogen (secondary N) is 2. The average molecular weight is 403 g/mol. The Morgan fingerprint density at radius 3 is 2.67 bits per heavy atom. The fraction of sp³-hybridized carbons (Fsp3) is 0.316. The number of halogens is 1. The van der Waals surface area contributed by atoms with E-state index in [-0.39, 0.29) is 0 Å². The SMILES string of the molecule is Cc1cc(C)n(CCCNC(=S)Nc2nn(Cc3ccccc3)cc2Cl)n1. The summed E-state index contributed by atoms with van der Waals surface area (Å²) >= 11 is 11.6. The van der Waals surface area contributed by atoms with Crippen molar-refractivity contribution < 1.29 is 0 Å². The number of aryl methyl sites for hydroxylation is 3.